The number of carbonyl (C=O) groups is 2. The van der Waals surface area contributed by atoms with Crippen LogP contribution in [-0.4, -0.2) is 29.1 Å². The normalized spacial score (nSPS) is 12.7. The molecular weight excluding hydrogens is 296 g/mol. The monoisotopic (exact) mass is 312 g/mol. The Labute approximate surface area is 133 Å². The van der Waals surface area contributed by atoms with Crippen LogP contribution in [0.3, 0.4) is 0 Å². The lowest BCUT2D eigenvalue weighted by molar-refractivity contribution is 0.0600. The Morgan fingerprint density at radius 1 is 1.22 bits per heavy atom. The second kappa shape index (κ2) is 6.48. The van der Waals surface area contributed by atoms with Gasteiger partial charge in [0.25, 0.3) is 0 Å². The lowest BCUT2D eigenvalue weighted by Crippen LogP contribution is -2.26. The molecule has 1 aliphatic rings. The van der Waals surface area contributed by atoms with Gasteiger partial charge in [-0.3, -0.25) is 9.88 Å². The third kappa shape index (κ3) is 3.31. The van der Waals surface area contributed by atoms with Crippen molar-refractivity contribution in [3.8, 4) is 0 Å². The maximum Gasteiger partial charge on any atom is 0.410 e. The van der Waals surface area contributed by atoms with Gasteiger partial charge in [-0.1, -0.05) is 12.1 Å². The fourth-order valence-corrected chi connectivity index (χ4v) is 2.49. The zero-order valence-electron chi connectivity index (χ0n) is 12.7. The van der Waals surface area contributed by atoms with Gasteiger partial charge in [-0.15, -0.1) is 0 Å². The van der Waals surface area contributed by atoms with Gasteiger partial charge < -0.3 is 9.47 Å². The molecule has 1 aliphatic heterocycles. The van der Waals surface area contributed by atoms with Gasteiger partial charge in [0.2, 0.25) is 0 Å². The highest BCUT2D eigenvalue weighted by Crippen LogP contribution is 2.25. The van der Waals surface area contributed by atoms with E-state index in [-0.39, 0.29) is 18.7 Å². The Morgan fingerprint density at radius 2 is 2.04 bits per heavy atom. The van der Waals surface area contributed by atoms with Gasteiger partial charge in [0.15, 0.2) is 0 Å². The summed E-state index contributed by atoms with van der Waals surface area (Å²) in [7, 11) is 1.34. The number of amides is 1. The summed E-state index contributed by atoms with van der Waals surface area (Å²) in [5.74, 6) is -0.384. The highest BCUT2D eigenvalue weighted by Gasteiger charge is 2.25. The molecule has 6 heteroatoms. The quantitative estimate of drug-likeness (QED) is 0.815. The van der Waals surface area contributed by atoms with E-state index in [1.54, 1.807) is 35.5 Å². The van der Waals surface area contributed by atoms with Gasteiger partial charge in [-0.2, -0.15) is 0 Å². The third-order valence-electron chi connectivity index (χ3n) is 3.69. The van der Waals surface area contributed by atoms with E-state index in [2.05, 4.69) is 4.98 Å². The van der Waals surface area contributed by atoms with E-state index in [4.69, 9.17) is 9.47 Å². The number of hydrogen-bond donors (Lipinski definition) is 0. The van der Waals surface area contributed by atoms with Crippen LogP contribution in [0.4, 0.5) is 4.79 Å². The fraction of sp³-hybridized carbons (Fsp3) is 0.235. The van der Waals surface area contributed by atoms with Crippen LogP contribution in [0.5, 0.6) is 0 Å². The maximum absolute atomic E-state index is 12.2. The standard InChI is InChI=1S/C17H16N2O4/c1-22-16(20)13-4-5-14-9-19(10-15(14)7-13)17(21)23-11-12-3-2-6-18-8-12/h2-8H,9-11H2,1H3. The van der Waals surface area contributed by atoms with Crippen LogP contribution in [0, 0.1) is 0 Å². The van der Waals surface area contributed by atoms with Crippen LogP contribution in [0.15, 0.2) is 42.7 Å². The topological polar surface area (TPSA) is 68.7 Å². The van der Waals surface area contributed by atoms with E-state index in [9.17, 15) is 9.59 Å². The van der Waals surface area contributed by atoms with Crippen LogP contribution in [0.25, 0.3) is 0 Å². The minimum atomic E-state index is -0.385. The Hall–Kier alpha value is -2.89. The first kappa shape index (κ1) is 15.0. The molecule has 0 bridgehead atoms. The molecule has 0 fully saturated rings. The zero-order chi connectivity index (χ0) is 16.2. The van der Waals surface area contributed by atoms with Crippen LogP contribution < -0.4 is 0 Å². The first-order valence-corrected chi connectivity index (χ1v) is 7.18. The molecule has 0 saturated carbocycles. The SMILES string of the molecule is COC(=O)c1ccc2c(c1)CN(C(=O)OCc1cccnc1)C2. The molecule has 2 aromatic rings. The number of carbonyl (C=O) groups excluding carboxylic acids is 2. The zero-order valence-corrected chi connectivity index (χ0v) is 12.7. The molecule has 0 radical (unpaired) electrons. The molecule has 2 heterocycles. The second-order valence-electron chi connectivity index (χ2n) is 5.25. The minimum Gasteiger partial charge on any atom is -0.465 e. The third-order valence-corrected chi connectivity index (χ3v) is 3.69. The number of aromatic nitrogens is 1. The highest BCUT2D eigenvalue weighted by atomic mass is 16.6. The van der Waals surface area contributed by atoms with E-state index in [1.807, 2.05) is 12.1 Å². The number of nitrogens with zero attached hydrogens (tertiary/aromatic N) is 2. The molecule has 0 unspecified atom stereocenters. The molecule has 0 aliphatic carbocycles. The van der Waals surface area contributed by atoms with Gasteiger partial charge in [0.05, 0.1) is 12.7 Å². The summed E-state index contributed by atoms with van der Waals surface area (Å²) >= 11 is 0. The predicted octanol–water partition coefficient (Wildman–Crippen LogP) is 2.52. The molecule has 6 nitrogen and oxygen atoms in total. The summed E-state index contributed by atoms with van der Waals surface area (Å²) < 4.78 is 10.0. The number of pyridine rings is 1. The summed E-state index contributed by atoms with van der Waals surface area (Å²) in [6.45, 7) is 1.08. The molecule has 1 amide bonds. The molecule has 0 spiro atoms. The second-order valence-corrected chi connectivity index (χ2v) is 5.25. The van der Waals surface area contributed by atoms with E-state index in [0.717, 1.165) is 16.7 Å². The van der Waals surface area contributed by atoms with Gasteiger partial charge in [-0.25, -0.2) is 9.59 Å². The van der Waals surface area contributed by atoms with Crippen molar-refractivity contribution in [3.05, 3.63) is 65.0 Å². The van der Waals surface area contributed by atoms with Crippen molar-refractivity contribution < 1.29 is 19.1 Å². The Kier molecular flexibility index (Phi) is 4.23. The Balaban J connectivity index is 1.62. The molecule has 1 aromatic heterocycles. The smallest absolute Gasteiger partial charge is 0.410 e. The summed E-state index contributed by atoms with van der Waals surface area (Å²) in [6.07, 6.45) is 2.94. The lowest BCUT2D eigenvalue weighted by atomic mass is 10.1. The molecule has 0 saturated heterocycles. The highest BCUT2D eigenvalue weighted by molar-refractivity contribution is 5.89. The van der Waals surface area contributed by atoms with Gasteiger partial charge >= 0.3 is 12.1 Å². The number of hydrogen-bond acceptors (Lipinski definition) is 5. The number of methoxy groups -OCH3 is 1. The molecule has 1 aromatic carbocycles. The first-order chi connectivity index (χ1) is 11.2. The number of fused-ring (bicyclic) bond motifs is 1. The summed E-state index contributed by atoms with van der Waals surface area (Å²) in [5, 5.41) is 0. The van der Waals surface area contributed by atoms with Crippen LogP contribution in [0.2, 0.25) is 0 Å². The van der Waals surface area contributed by atoms with Crippen molar-refractivity contribution in [2.75, 3.05) is 7.11 Å². The van der Waals surface area contributed by atoms with Crippen molar-refractivity contribution in [1.29, 1.82) is 0 Å². The maximum atomic E-state index is 12.2. The summed E-state index contributed by atoms with van der Waals surface area (Å²) in [5.41, 5.74) is 3.27. The number of benzene rings is 1. The average molecular weight is 312 g/mol. The Bertz CT molecular complexity index is 731. The van der Waals surface area contributed by atoms with Crippen molar-refractivity contribution >= 4 is 12.1 Å². The largest absolute Gasteiger partial charge is 0.465 e. The predicted molar refractivity (Wildman–Crippen MR) is 81.5 cm³/mol. The molecular formula is C17H16N2O4. The van der Waals surface area contributed by atoms with Gasteiger partial charge in [-0.05, 0) is 29.3 Å². The molecule has 3 rings (SSSR count). The number of rotatable bonds is 3. The van der Waals surface area contributed by atoms with Crippen LogP contribution in [0.1, 0.15) is 27.0 Å². The summed E-state index contributed by atoms with van der Waals surface area (Å²) in [4.78, 5) is 29.3. The van der Waals surface area contributed by atoms with Gasteiger partial charge in [0.1, 0.15) is 6.61 Å². The average Bonchev–Trinajstić information content (AvgIpc) is 3.03. The Morgan fingerprint density at radius 3 is 2.78 bits per heavy atom. The lowest BCUT2D eigenvalue weighted by Gasteiger charge is -2.15. The van der Waals surface area contributed by atoms with E-state index in [1.165, 1.54) is 7.11 Å². The molecule has 23 heavy (non-hydrogen) atoms. The van der Waals surface area contributed by atoms with Crippen molar-refractivity contribution in [1.82, 2.24) is 9.88 Å². The van der Waals surface area contributed by atoms with Crippen molar-refractivity contribution in [2.24, 2.45) is 0 Å². The van der Waals surface area contributed by atoms with Crippen LogP contribution in [-0.2, 0) is 29.2 Å². The number of esters is 1. The molecule has 118 valence electrons. The van der Waals surface area contributed by atoms with Crippen molar-refractivity contribution in [2.45, 2.75) is 19.7 Å². The van der Waals surface area contributed by atoms with Gasteiger partial charge in [0, 0.05) is 31.0 Å². The van der Waals surface area contributed by atoms with E-state index >= 15 is 0 Å². The summed E-state index contributed by atoms with van der Waals surface area (Å²) in [6, 6.07) is 8.95. The minimum absolute atomic E-state index is 0.187. The first-order valence-electron chi connectivity index (χ1n) is 7.18. The molecule has 0 N–H and O–H groups in total. The molecule has 0 atom stereocenters. The van der Waals surface area contributed by atoms with E-state index < -0.39 is 0 Å². The fourth-order valence-electron chi connectivity index (χ4n) is 2.49. The van der Waals surface area contributed by atoms with Crippen LogP contribution >= 0.6 is 0 Å². The number of ether oxygens (including phenoxy) is 2. The van der Waals surface area contributed by atoms with E-state index in [0.29, 0.717) is 18.7 Å². The van der Waals surface area contributed by atoms with Crippen molar-refractivity contribution in [3.63, 3.8) is 0 Å².